The normalized spacial score (nSPS) is 12.3. The van der Waals surface area contributed by atoms with Crippen LogP contribution in [-0.2, 0) is 6.54 Å². The van der Waals surface area contributed by atoms with E-state index in [4.69, 9.17) is 0 Å². The number of aromatic amines is 1. The zero-order valence-electron chi connectivity index (χ0n) is 13.5. The van der Waals surface area contributed by atoms with Crippen LogP contribution in [0.25, 0.3) is 11.3 Å². The Morgan fingerprint density at radius 1 is 1.17 bits per heavy atom. The number of aryl methyl sites for hydroxylation is 1. The number of hydrogen-bond donors (Lipinski definition) is 3. The van der Waals surface area contributed by atoms with E-state index in [-0.39, 0.29) is 5.82 Å². The minimum absolute atomic E-state index is 0.265. The lowest BCUT2D eigenvalue weighted by Crippen LogP contribution is -2.21. The van der Waals surface area contributed by atoms with Crippen molar-refractivity contribution in [2.45, 2.75) is 19.6 Å². The van der Waals surface area contributed by atoms with Crippen molar-refractivity contribution in [3.05, 3.63) is 77.2 Å². The highest BCUT2D eigenvalue weighted by molar-refractivity contribution is 5.62. The van der Waals surface area contributed by atoms with E-state index in [2.05, 4.69) is 15.5 Å². The summed E-state index contributed by atoms with van der Waals surface area (Å²) in [5, 5.41) is 20.6. The van der Waals surface area contributed by atoms with Crippen LogP contribution in [0, 0.1) is 12.7 Å². The fourth-order valence-electron chi connectivity index (χ4n) is 2.73. The first-order valence-corrected chi connectivity index (χ1v) is 7.87. The maximum absolute atomic E-state index is 13.0. The van der Waals surface area contributed by atoms with Crippen LogP contribution in [0.4, 0.5) is 4.39 Å². The fraction of sp³-hybridized carbons (Fsp3) is 0.211. The SMILES string of the molecule is Cc1ccccc1C(O)CNCc1cn[nH]c1-c1ccc(F)cc1. The molecule has 1 heterocycles. The second kappa shape index (κ2) is 7.38. The number of aromatic nitrogens is 2. The highest BCUT2D eigenvalue weighted by Crippen LogP contribution is 2.21. The summed E-state index contributed by atoms with van der Waals surface area (Å²) in [5.74, 6) is -0.265. The number of halogens is 1. The molecule has 0 aliphatic carbocycles. The number of H-pyrrole nitrogens is 1. The fourth-order valence-corrected chi connectivity index (χ4v) is 2.73. The molecule has 1 aromatic heterocycles. The van der Waals surface area contributed by atoms with E-state index in [0.29, 0.717) is 13.1 Å². The highest BCUT2D eigenvalue weighted by Gasteiger charge is 2.11. The topological polar surface area (TPSA) is 60.9 Å². The van der Waals surface area contributed by atoms with Gasteiger partial charge in [0.15, 0.2) is 0 Å². The molecule has 0 spiro atoms. The molecule has 0 fully saturated rings. The second-order valence-corrected chi connectivity index (χ2v) is 5.78. The van der Waals surface area contributed by atoms with Gasteiger partial charge in [0.1, 0.15) is 5.82 Å². The molecule has 3 rings (SSSR count). The third-order valence-electron chi connectivity index (χ3n) is 4.05. The molecule has 5 heteroatoms. The summed E-state index contributed by atoms with van der Waals surface area (Å²) in [6, 6.07) is 14.1. The van der Waals surface area contributed by atoms with Crippen molar-refractivity contribution in [3.8, 4) is 11.3 Å². The summed E-state index contributed by atoms with van der Waals surface area (Å²) in [6.07, 6.45) is 1.18. The molecule has 0 amide bonds. The van der Waals surface area contributed by atoms with Crippen molar-refractivity contribution in [2.24, 2.45) is 0 Å². The smallest absolute Gasteiger partial charge is 0.123 e. The van der Waals surface area contributed by atoms with E-state index in [0.717, 1.165) is 27.9 Å². The van der Waals surface area contributed by atoms with Crippen molar-refractivity contribution in [1.29, 1.82) is 0 Å². The third-order valence-corrected chi connectivity index (χ3v) is 4.05. The highest BCUT2D eigenvalue weighted by atomic mass is 19.1. The molecule has 0 aliphatic rings. The van der Waals surface area contributed by atoms with Gasteiger partial charge in [-0.25, -0.2) is 4.39 Å². The van der Waals surface area contributed by atoms with Crippen molar-refractivity contribution in [3.63, 3.8) is 0 Å². The summed E-state index contributed by atoms with van der Waals surface area (Å²) < 4.78 is 13.0. The number of hydrogen-bond acceptors (Lipinski definition) is 3. The van der Waals surface area contributed by atoms with E-state index < -0.39 is 6.10 Å². The van der Waals surface area contributed by atoms with Crippen LogP contribution < -0.4 is 5.32 Å². The van der Waals surface area contributed by atoms with Gasteiger partial charge in [0.25, 0.3) is 0 Å². The molecule has 0 saturated carbocycles. The molecular weight excluding hydrogens is 305 g/mol. The Balaban J connectivity index is 1.63. The maximum Gasteiger partial charge on any atom is 0.123 e. The van der Waals surface area contributed by atoms with E-state index in [1.165, 1.54) is 12.1 Å². The Hall–Kier alpha value is -2.50. The van der Waals surface area contributed by atoms with Crippen molar-refractivity contribution >= 4 is 0 Å². The van der Waals surface area contributed by atoms with Gasteiger partial charge in [-0.3, -0.25) is 5.10 Å². The van der Waals surface area contributed by atoms with Gasteiger partial charge in [0.2, 0.25) is 0 Å². The number of benzene rings is 2. The molecule has 1 atom stereocenters. The average molecular weight is 325 g/mol. The first-order chi connectivity index (χ1) is 11.6. The number of nitrogens with one attached hydrogen (secondary N) is 2. The zero-order valence-corrected chi connectivity index (χ0v) is 13.5. The van der Waals surface area contributed by atoms with Gasteiger partial charge in [-0.05, 0) is 42.3 Å². The van der Waals surface area contributed by atoms with Crippen molar-refractivity contribution in [1.82, 2.24) is 15.5 Å². The zero-order chi connectivity index (χ0) is 16.9. The van der Waals surface area contributed by atoms with Gasteiger partial charge < -0.3 is 10.4 Å². The summed E-state index contributed by atoms with van der Waals surface area (Å²) in [7, 11) is 0. The largest absolute Gasteiger partial charge is 0.387 e. The Bertz CT molecular complexity index is 798. The molecule has 24 heavy (non-hydrogen) atoms. The Kier molecular flexibility index (Phi) is 5.03. The number of rotatable bonds is 6. The van der Waals surface area contributed by atoms with Crippen LogP contribution in [0.2, 0.25) is 0 Å². The lowest BCUT2D eigenvalue weighted by Gasteiger charge is -2.14. The molecular formula is C19H20FN3O. The Morgan fingerprint density at radius 3 is 2.67 bits per heavy atom. The maximum atomic E-state index is 13.0. The van der Waals surface area contributed by atoms with Gasteiger partial charge in [-0.15, -0.1) is 0 Å². The summed E-state index contributed by atoms with van der Waals surface area (Å²) in [4.78, 5) is 0. The van der Waals surface area contributed by atoms with Gasteiger partial charge >= 0.3 is 0 Å². The molecule has 0 saturated heterocycles. The van der Waals surface area contributed by atoms with Crippen molar-refractivity contribution in [2.75, 3.05) is 6.54 Å². The van der Waals surface area contributed by atoms with Crippen LogP contribution in [-0.4, -0.2) is 21.8 Å². The van der Waals surface area contributed by atoms with E-state index in [9.17, 15) is 9.50 Å². The molecule has 1 unspecified atom stereocenters. The van der Waals surface area contributed by atoms with E-state index >= 15 is 0 Å². The van der Waals surface area contributed by atoms with Gasteiger partial charge in [-0.1, -0.05) is 24.3 Å². The predicted octanol–water partition coefficient (Wildman–Crippen LogP) is 3.35. The van der Waals surface area contributed by atoms with Crippen LogP contribution in [0.3, 0.4) is 0 Å². The third kappa shape index (κ3) is 3.69. The van der Waals surface area contributed by atoms with Gasteiger partial charge in [0.05, 0.1) is 18.0 Å². The Labute approximate surface area is 140 Å². The molecule has 4 nitrogen and oxygen atoms in total. The first kappa shape index (κ1) is 16.4. The molecule has 124 valence electrons. The quantitative estimate of drug-likeness (QED) is 0.651. The molecule has 0 radical (unpaired) electrons. The molecule has 0 aliphatic heterocycles. The summed E-state index contributed by atoms with van der Waals surface area (Å²) in [5.41, 5.74) is 4.70. The number of aliphatic hydroxyl groups excluding tert-OH is 1. The molecule has 3 N–H and O–H groups in total. The number of nitrogens with zero attached hydrogens (tertiary/aromatic N) is 1. The van der Waals surface area contributed by atoms with Crippen molar-refractivity contribution < 1.29 is 9.50 Å². The molecule has 0 bridgehead atoms. The monoisotopic (exact) mass is 325 g/mol. The van der Waals surface area contributed by atoms with E-state index in [1.807, 2.05) is 31.2 Å². The average Bonchev–Trinajstić information content (AvgIpc) is 3.04. The minimum Gasteiger partial charge on any atom is -0.387 e. The summed E-state index contributed by atoms with van der Waals surface area (Å²) in [6.45, 7) is 2.99. The van der Waals surface area contributed by atoms with Crippen LogP contribution >= 0.6 is 0 Å². The van der Waals surface area contributed by atoms with Crippen LogP contribution in [0.5, 0.6) is 0 Å². The molecule has 2 aromatic carbocycles. The lowest BCUT2D eigenvalue weighted by molar-refractivity contribution is 0.173. The first-order valence-electron chi connectivity index (χ1n) is 7.87. The van der Waals surface area contributed by atoms with Crippen LogP contribution in [0.15, 0.2) is 54.7 Å². The standard InChI is InChI=1S/C19H20FN3O/c1-13-4-2-3-5-17(13)18(24)12-21-10-15-11-22-23-19(15)14-6-8-16(20)9-7-14/h2-9,11,18,21,24H,10,12H2,1H3,(H,22,23). The Morgan fingerprint density at radius 2 is 1.92 bits per heavy atom. The van der Waals surface area contributed by atoms with Crippen LogP contribution in [0.1, 0.15) is 22.8 Å². The lowest BCUT2D eigenvalue weighted by atomic mass is 10.0. The minimum atomic E-state index is -0.563. The van der Waals surface area contributed by atoms with Gasteiger partial charge in [0, 0.05) is 24.2 Å². The predicted molar refractivity (Wildman–Crippen MR) is 91.8 cm³/mol. The van der Waals surface area contributed by atoms with Gasteiger partial charge in [-0.2, -0.15) is 5.10 Å². The second-order valence-electron chi connectivity index (χ2n) is 5.78. The number of aliphatic hydroxyl groups is 1. The molecule has 3 aromatic rings. The van der Waals surface area contributed by atoms with E-state index in [1.54, 1.807) is 18.3 Å². The summed E-state index contributed by atoms with van der Waals surface area (Å²) >= 11 is 0.